The molecule has 1 atom stereocenters. The number of nitrogens with zero attached hydrogens (tertiary/aromatic N) is 1. The fraction of sp³-hybridized carbons (Fsp3) is 0.375. The zero-order valence-corrected chi connectivity index (χ0v) is 12.1. The first-order valence-electron chi connectivity index (χ1n) is 6.86. The van der Waals surface area contributed by atoms with E-state index in [1.165, 1.54) is 7.11 Å². The van der Waals surface area contributed by atoms with Crippen LogP contribution in [0.2, 0.25) is 0 Å². The monoisotopic (exact) mass is 272 g/mol. The van der Waals surface area contributed by atoms with Crippen LogP contribution in [0.15, 0.2) is 30.3 Å². The molecule has 0 saturated carbocycles. The van der Waals surface area contributed by atoms with E-state index in [1.807, 2.05) is 30.3 Å². The largest absolute Gasteiger partial charge is 0.469 e. The molecule has 1 aromatic carbocycles. The van der Waals surface area contributed by atoms with Crippen molar-refractivity contribution in [2.24, 2.45) is 0 Å². The molecule has 0 spiro atoms. The number of methoxy groups -OCH3 is 1. The van der Waals surface area contributed by atoms with Crippen molar-refractivity contribution in [1.29, 1.82) is 0 Å². The molecule has 106 valence electrons. The van der Waals surface area contributed by atoms with Crippen LogP contribution in [0.1, 0.15) is 26.0 Å². The SMILES string of the molecule is CCC(C)Nc1cc(CC(=O)OC)nc2ccccc12. The summed E-state index contributed by atoms with van der Waals surface area (Å²) in [6.07, 6.45) is 1.22. The standard InChI is InChI=1S/C16H20N2O2/c1-4-11(2)17-15-9-12(10-16(19)20-3)18-14-8-6-5-7-13(14)15/h5-9,11H,4,10H2,1-3H3,(H,17,18). The fourth-order valence-corrected chi connectivity index (χ4v) is 2.03. The molecule has 0 saturated heterocycles. The van der Waals surface area contributed by atoms with Gasteiger partial charge in [0.05, 0.1) is 24.7 Å². The molecule has 0 aliphatic heterocycles. The number of pyridine rings is 1. The quantitative estimate of drug-likeness (QED) is 0.849. The van der Waals surface area contributed by atoms with Crippen LogP contribution in [0.3, 0.4) is 0 Å². The van der Waals surface area contributed by atoms with Crippen molar-refractivity contribution in [3.05, 3.63) is 36.0 Å². The van der Waals surface area contributed by atoms with Gasteiger partial charge in [-0.2, -0.15) is 0 Å². The summed E-state index contributed by atoms with van der Waals surface area (Å²) in [4.78, 5) is 15.9. The van der Waals surface area contributed by atoms with Gasteiger partial charge in [-0.25, -0.2) is 0 Å². The van der Waals surface area contributed by atoms with Crippen LogP contribution in [-0.4, -0.2) is 24.1 Å². The number of para-hydroxylation sites is 1. The van der Waals surface area contributed by atoms with Crippen LogP contribution in [0, 0.1) is 0 Å². The minimum Gasteiger partial charge on any atom is -0.469 e. The molecule has 1 N–H and O–H groups in total. The van der Waals surface area contributed by atoms with Gasteiger partial charge in [0.15, 0.2) is 0 Å². The molecule has 0 aliphatic rings. The van der Waals surface area contributed by atoms with Crippen molar-refractivity contribution < 1.29 is 9.53 Å². The lowest BCUT2D eigenvalue weighted by Gasteiger charge is -2.16. The van der Waals surface area contributed by atoms with Crippen LogP contribution >= 0.6 is 0 Å². The number of anilines is 1. The number of esters is 1. The Morgan fingerprint density at radius 2 is 2.15 bits per heavy atom. The average molecular weight is 272 g/mol. The fourth-order valence-electron chi connectivity index (χ4n) is 2.03. The number of rotatable bonds is 5. The van der Waals surface area contributed by atoms with Crippen molar-refractivity contribution in [1.82, 2.24) is 4.98 Å². The summed E-state index contributed by atoms with van der Waals surface area (Å²) in [7, 11) is 1.39. The molecule has 0 bridgehead atoms. The van der Waals surface area contributed by atoms with Gasteiger partial charge < -0.3 is 10.1 Å². The van der Waals surface area contributed by atoms with Gasteiger partial charge in [0.25, 0.3) is 0 Å². The third kappa shape index (κ3) is 3.26. The molecule has 1 unspecified atom stereocenters. The Balaban J connectivity index is 2.43. The van der Waals surface area contributed by atoms with Crippen LogP contribution in [0.25, 0.3) is 10.9 Å². The lowest BCUT2D eigenvalue weighted by molar-refractivity contribution is -0.139. The highest BCUT2D eigenvalue weighted by Gasteiger charge is 2.10. The third-order valence-electron chi connectivity index (χ3n) is 3.34. The van der Waals surface area contributed by atoms with E-state index in [-0.39, 0.29) is 12.4 Å². The highest BCUT2D eigenvalue weighted by atomic mass is 16.5. The number of aromatic nitrogens is 1. The zero-order valence-electron chi connectivity index (χ0n) is 12.1. The average Bonchev–Trinajstić information content (AvgIpc) is 2.47. The minimum atomic E-state index is -0.276. The maximum atomic E-state index is 11.4. The van der Waals surface area contributed by atoms with Gasteiger partial charge in [0.1, 0.15) is 0 Å². The maximum absolute atomic E-state index is 11.4. The first-order valence-corrected chi connectivity index (χ1v) is 6.86. The maximum Gasteiger partial charge on any atom is 0.311 e. The smallest absolute Gasteiger partial charge is 0.311 e. The normalized spacial score (nSPS) is 12.2. The summed E-state index contributed by atoms with van der Waals surface area (Å²) < 4.78 is 4.71. The van der Waals surface area contributed by atoms with Crippen molar-refractivity contribution in [3.63, 3.8) is 0 Å². The van der Waals surface area contributed by atoms with E-state index in [0.29, 0.717) is 6.04 Å². The first kappa shape index (κ1) is 14.3. The predicted octanol–water partition coefficient (Wildman–Crippen LogP) is 3.16. The Morgan fingerprint density at radius 1 is 1.40 bits per heavy atom. The van der Waals surface area contributed by atoms with Crippen LogP contribution in [0.5, 0.6) is 0 Å². The molecule has 1 aromatic heterocycles. The number of carbonyl (C=O) groups is 1. The molecule has 20 heavy (non-hydrogen) atoms. The second kappa shape index (κ2) is 6.37. The molecule has 0 amide bonds. The Kier molecular flexibility index (Phi) is 4.56. The molecular formula is C16H20N2O2. The summed E-state index contributed by atoms with van der Waals surface area (Å²) in [5, 5.41) is 4.54. The number of carbonyl (C=O) groups excluding carboxylic acids is 1. The summed E-state index contributed by atoms with van der Waals surface area (Å²) in [6.45, 7) is 4.27. The van der Waals surface area contributed by atoms with E-state index in [9.17, 15) is 4.79 Å². The highest BCUT2D eigenvalue weighted by Crippen LogP contribution is 2.24. The van der Waals surface area contributed by atoms with E-state index in [2.05, 4.69) is 24.1 Å². The van der Waals surface area contributed by atoms with E-state index >= 15 is 0 Å². The molecule has 0 radical (unpaired) electrons. The number of ether oxygens (including phenoxy) is 1. The molecule has 4 nitrogen and oxygen atoms in total. The lowest BCUT2D eigenvalue weighted by Crippen LogP contribution is -2.14. The van der Waals surface area contributed by atoms with Crippen molar-refractivity contribution >= 4 is 22.6 Å². The summed E-state index contributed by atoms with van der Waals surface area (Å²) in [5.74, 6) is -0.276. The van der Waals surface area contributed by atoms with E-state index in [1.54, 1.807) is 0 Å². The minimum absolute atomic E-state index is 0.191. The summed E-state index contributed by atoms with van der Waals surface area (Å²) in [6, 6.07) is 10.2. The van der Waals surface area contributed by atoms with Gasteiger partial charge in [-0.15, -0.1) is 0 Å². The molecule has 2 aromatic rings. The Morgan fingerprint density at radius 3 is 2.85 bits per heavy atom. The van der Waals surface area contributed by atoms with E-state index in [4.69, 9.17) is 4.74 Å². The van der Waals surface area contributed by atoms with Crippen LogP contribution in [0.4, 0.5) is 5.69 Å². The second-order valence-electron chi connectivity index (χ2n) is 4.88. The highest BCUT2D eigenvalue weighted by molar-refractivity contribution is 5.92. The summed E-state index contributed by atoms with van der Waals surface area (Å²) in [5.41, 5.74) is 2.63. The van der Waals surface area contributed by atoms with Crippen molar-refractivity contribution in [2.45, 2.75) is 32.7 Å². The van der Waals surface area contributed by atoms with Crippen molar-refractivity contribution in [2.75, 3.05) is 12.4 Å². The Hall–Kier alpha value is -2.10. The number of benzene rings is 1. The van der Waals surface area contributed by atoms with Gasteiger partial charge in [0.2, 0.25) is 0 Å². The van der Waals surface area contributed by atoms with Gasteiger partial charge in [-0.1, -0.05) is 25.1 Å². The van der Waals surface area contributed by atoms with Gasteiger partial charge in [-0.3, -0.25) is 9.78 Å². The van der Waals surface area contributed by atoms with Gasteiger partial charge in [0, 0.05) is 17.1 Å². The number of nitrogens with one attached hydrogen (secondary N) is 1. The lowest BCUT2D eigenvalue weighted by atomic mass is 10.1. The van der Waals surface area contributed by atoms with Crippen LogP contribution in [-0.2, 0) is 16.0 Å². The zero-order chi connectivity index (χ0) is 14.5. The van der Waals surface area contributed by atoms with Crippen LogP contribution < -0.4 is 5.32 Å². The third-order valence-corrected chi connectivity index (χ3v) is 3.34. The number of hydrogen-bond acceptors (Lipinski definition) is 4. The van der Waals surface area contributed by atoms with Crippen molar-refractivity contribution in [3.8, 4) is 0 Å². The number of hydrogen-bond donors (Lipinski definition) is 1. The Bertz CT molecular complexity index is 610. The van der Waals surface area contributed by atoms with E-state index < -0.39 is 0 Å². The molecule has 0 fully saturated rings. The van der Waals surface area contributed by atoms with Gasteiger partial charge in [-0.05, 0) is 25.5 Å². The summed E-state index contributed by atoms with van der Waals surface area (Å²) >= 11 is 0. The van der Waals surface area contributed by atoms with E-state index in [0.717, 1.165) is 28.7 Å². The molecule has 2 rings (SSSR count). The predicted molar refractivity (Wildman–Crippen MR) is 80.8 cm³/mol. The Labute approximate surface area is 119 Å². The molecule has 0 aliphatic carbocycles. The second-order valence-corrected chi connectivity index (χ2v) is 4.88. The molecular weight excluding hydrogens is 252 g/mol. The molecule has 4 heteroatoms. The topological polar surface area (TPSA) is 51.2 Å². The first-order chi connectivity index (χ1) is 9.63. The number of fused-ring (bicyclic) bond motifs is 1. The van der Waals surface area contributed by atoms with Gasteiger partial charge >= 0.3 is 5.97 Å². The molecule has 1 heterocycles.